The molecule has 2 aromatic rings. The maximum absolute atomic E-state index is 12.4. The SMILES string of the molecule is CN=C(NCCS(=O)(=O)c1ccccc1)NCC(c1ccccc1)N1CCCC1.I. The summed E-state index contributed by atoms with van der Waals surface area (Å²) < 4.78 is 24.8. The monoisotopic (exact) mass is 542 g/mol. The van der Waals surface area contributed by atoms with Gasteiger partial charge in [0.05, 0.1) is 16.7 Å². The zero-order chi connectivity index (χ0) is 20.5. The molecule has 1 atom stereocenters. The molecule has 6 nitrogen and oxygen atoms in total. The molecule has 0 bridgehead atoms. The molecule has 0 saturated carbocycles. The van der Waals surface area contributed by atoms with Crippen molar-refractivity contribution in [1.82, 2.24) is 15.5 Å². The predicted octanol–water partition coefficient (Wildman–Crippen LogP) is 3.08. The minimum Gasteiger partial charge on any atom is -0.355 e. The van der Waals surface area contributed by atoms with Crippen LogP contribution in [0.2, 0.25) is 0 Å². The van der Waals surface area contributed by atoms with Gasteiger partial charge in [-0.15, -0.1) is 24.0 Å². The summed E-state index contributed by atoms with van der Waals surface area (Å²) in [5, 5.41) is 6.51. The minimum atomic E-state index is -3.31. The van der Waals surface area contributed by atoms with E-state index in [4.69, 9.17) is 0 Å². The van der Waals surface area contributed by atoms with Crippen molar-refractivity contribution in [1.29, 1.82) is 0 Å². The van der Waals surface area contributed by atoms with Crippen LogP contribution in [0.1, 0.15) is 24.4 Å². The molecule has 1 aliphatic rings. The number of sulfone groups is 1. The van der Waals surface area contributed by atoms with Gasteiger partial charge in [0, 0.05) is 20.1 Å². The molecule has 2 N–H and O–H groups in total. The Kier molecular flexibility index (Phi) is 10.1. The lowest BCUT2D eigenvalue weighted by atomic mass is 10.1. The van der Waals surface area contributed by atoms with Gasteiger partial charge in [-0.05, 0) is 43.6 Å². The van der Waals surface area contributed by atoms with E-state index in [-0.39, 0.29) is 35.8 Å². The fourth-order valence-corrected chi connectivity index (χ4v) is 4.83. The van der Waals surface area contributed by atoms with E-state index < -0.39 is 9.84 Å². The topological polar surface area (TPSA) is 73.8 Å². The highest BCUT2D eigenvalue weighted by Gasteiger charge is 2.23. The van der Waals surface area contributed by atoms with Crippen molar-refractivity contribution >= 4 is 39.8 Å². The molecule has 30 heavy (non-hydrogen) atoms. The average molecular weight is 542 g/mol. The molecule has 0 aromatic heterocycles. The smallest absolute Gasteiger partial charge is 0.191 e. The summed E-state index contributed by atoms with van der Waals surface area (Å²) in [7, 11) is -1.60. The van der Waals surface area contributed by atoms with Gasteiger partial charge in [-0.25, -0.2) is 8.42 Å². The van der Waals surface area contributed by atoms with Crippen LogP contribution >= 0.6 is 24.0 Å². The van der Waals surface area contributed by atoms with Crippen LogP contribution in [0.25, 0.3) is 0 Å². The van der Waals surface area contributed by atoms with Gasteiger partial charge in [0.25, 0.3) is 0 Å². The maximum atomic E-state index is 12.4. The number of nitrogens with one attached hydrogen (secondary N) is 2. The van der Waals surface area contributed by atoms with Crippen LogP contribution in [0, 0.1) is 0 Å². The molecule has 1 saturated heterocycles. The third kappa shape index (κ3) is 6.95. The summed E-state index contributed by atoms with van der Waals surface area (Å²) >= 11 is 0. The standard InChI is InChI=1S/C22H30N4O2S.HI/c1-23-22(24-14-17-29(27,28)20-12-6-3-7-13-20)25-18-21(26-15-8-9-16-26)19-10-4-2-5-11-19;/h2-7,10-13,21H,8-9,14-18H2,1H3,(H2,23,24,25);1H. The fourth-order valence-electron chi connectivity index (χ4n) is 3.65. The molecule has 8 heteroatoms. The molecule has 1 unspecified atom stereocenters. The Balaban J connectivity index is 0.00000320. The summed E-state index contributed by atoms with van der Waals surface area (Å²) in [5.74, 6) is 0.639. The van der Waals surface area contributed by atoms with Gasteiger partial charge >= 0.3 is 0 Å². The largest absolute Gasteiger partial charge is 0.355 e. The van der Waals surface area contributed by atoms with Gasteiger partial charge in [-0.3, -0.25) is 9.89 Å². The zero-order valence-corrected chi connectivity index (χ0v) is 20.5. The highest BCUT2D eigenvalue weighted by Crippen LogP contribution is 2.24. The van der Waals surface area contributed by atoms with Gasteiger partial charge in [-0.1, -0.05) is 48.5 Å². The summed E-state index contributed by atoms with van der Waals surface area (Å²) in [6.45, 7) is 3.22. The average Bonchev–Trinajstić information content (AvgIpc) is 3.28. The third-order valence-corrected chi connectivity index (χ3v) is 6.95. The third-order valence-electron chi connectivity index (χ3n) is 5.22. The number of hydrogen-bond donors (Lipinski definition) is 2. The Morgan fingerprint density at radius 1 is 1.00 bits per heavy atom. The number of hydrogen-bond acceptors (Lipinski definition) is 4. The first-order chi connectivity index (χ1) is 14.1. The number of guanidine groups is 1. The Morgan fingerprint density at radius 3 is 2.20 bits per heavy atom. The molecule has 3 rings (SSSR count). The first-order valence-electron chi connectivity index (χ1n) is 10.1. The van der Waals surface area contributed by atoms with E-state index in [1.54, 1.807) is 31.3 Å². The summed E-state index contributed by atoms with van der Waals surface area (Å²) in [5.41, 5.74) is 1.28. The van der Waals surface area contributed by atoms with Crippen LogP contribution < -0.4 is 10.6 Å². The molecule has 1 fully saturated rings. The number of benzene rings is 2. The Bertz CT molecular complexity index is 886. The second-order valence-electron chi connectivity index (χ2n) is 7.18. The van der Waals surface area contributed by atoms with E-state index in [0.717, 1.165) is 19.6 Å². The van der Waals surface area contributed by atoms with Crippen LogP contribution in [0.15, 0.2) is 70.6 Å². The van der Waals surface area contributed by atoms with Crippen molar-refractivity contribution in [2.45, 2.75) is 23.8 Å². The number of rotatable bonds is 8. The van der Waals surface area contributed by atoms with Crippen LogP contribution in [0.3, 0.4) is 0 Å². The number of nitrogens with zero attached hydrogens (tertiary/aromatic N) is 2. The van der Waals surface area contributed by atoms with Crippen molar-refractivity contribution in [3.8, 4) is 0 Å². The van der Waals surface area contributed by atoms with Gasteiger partial charge in [0.2, 0.25) is 0 Å². The highest BCUT2D eigenvalue weighted by molar-refractivity contribution is 14.0. The summed E-state index contributed by atoms with van der Waals surface area (Å²) in [4.78, 5) is 7.10. The zero-order valence-electron chi connectivity index (χ0n) is 17.3. The van der Waals surface area contributed by atoms with E-state index in [0.29, 0.717) is 17.4 Å². The van der Waals surface area contributed by atoms with Crippen LogP contribution in [0.5, 0.6) is 0 Å². The summed E-state index contributed by atoms with van der Waals surface area (Å²) in [6.07, 6.45) is 2.46. The normalized spacial score (nSPS) is 16.0. The molecule has 2 aromatic carbocycles. The van der Waals surface area contributed by atoms with Crippen LogP contribution in [-0.2, 0) is 9.84 Å². The Hall–Kier alpha value is -1.65. The molecule has 0 amide bonds. The van der Waals surface area contributed by atoms with Crippen molar-refractivity contribution < 1.29 is 8.42 Å². The number of aliphatic imine (C=N–C) groups is 1. The molecule has 0 aliphatic carbocycles. The van der Waals surface area contributed by atoms with Gasteiger partial charge in [0.1, 0.15) is 0 Å². The predicted molar refractivity (Wildman–Crippen MR) is 133 cm³/mol. The lowest BCUT2D eigenvalue weighted by Gasteiger charge is -2.29. The van der Waals surface area contributed by atoms with Gasteiger partial charge < -0.3 is 10.6 Å². The van der Waals surface area contributed by atoms with E-state index in [1.807, 2.05) is 12.1 Å². The van der Waals surface area contributed by atoms with E-state index >= 15 is 0 Å². The fraction of sp³-hybridized carbons (Fsp3) is 0.409. The Labute approximate surface area is 197 Å². The number of likely N-dealkylation sites (tertiary alicyclic amines) is 1. The van der Waals surface area contributed by atoms with Gasteiger partial charge in [-0.2, -0.15) is 0 Å². The molecule has 0 spiro atoms. The highest BCUT2D eigenvalue weighted by atomic mass is 127. The van der Waals surface area contributed by atoms with E-state index in [2.05, 4.69) is 44.8 Å². The van der Waals surface area contributed by atoms with Crippen LogP contribution in [0.4, 0.5) is 0 Å². The molecule has 1 aliphatic heterocycles. The second-order valence-corrected chi connectivity index (χ2v) is 9.29. The summed E-state index contributed by atoms with van der Waals surface area (Å²) in [6, 6.07) is 19.3. The van der Waals surface area contributed by atoms with E-state index in [9.17, 15) is 8.42 Å². The van der Waals surface area contributed by atoms with Crippen LogP contribution in [-0.4, -0.2) is 58.3 Å². The maximum Gasteiger partial charge on any atom is 0.191 e. The van der Waals surface area contributed by atoms with Crippen molar-refractivity contribution in [3.63, 3.8) is 0 Å². The second kappa shape index (κ2) is 12.3. The lowest BCUT2D eigenvalue weighted by Crippen LogP contribution is -2.43. The molecular formula is C22H31IN4O2S. The van der Waals surface area contributed by atoms with Gasteiger partial charge in [0.15, 0.2) is 15.8 Å². The van der Waals surface area contributed by atoms with Crippen molar-refractivity contribution in [3.05, 3.63) is 66.2 Å². The Morgan fingerprint density at radius 2 is 1.60 bits per heavy atom. The van der Waals surface area contributed by atoms with Crippen molar-refractivity contribution in [2.75, 3.05) is 39.0 Å². The minimum absolute atomic E-state index is 0. The molecule has 164 valence electrons. The first-order valence-corrected chi connectivity index (χ1v) is 11.8. The van der Waals surface area contributed by atoms with Crippen molar-refractivity contribution in [2.24, 2.45) is 4.99 Å². The lowest BCUT2D eigenvalue weighted by molar-refractivity contribution is 0.245. The number of halogens is 1. The van der Waals surface area contributed by atoms with E-state index in [1.165, 1.54) is 18.4 Å². The molecule has 1 heterocycles. The first kappa shape index (κ1) is 24.6. The molecular weight excluding hydrogens is 511 g/mol. The molecule has 0 radical (unpaired) electrons. The quantitative estimate of drug-likeness (QED) is 0.305.